The highest BCUT2D eigenvalue weighted by atomic mass is 32.2. The summed E-state index contributed by atoms with van der Waals surface area (Å²) in [6.07, 6.45) is 0.705. The number of anilines is 1. The van der Waals surface area contributed by atoms with Gasteiger partial charge in [0, 0.05) is 16.3 Å². The molecule has 3 rings (SSSR count). The van der Waals surface area contributed by atoms with Crippen LogP contribution < -0.4 is 10.6 Å². The van der Waals surface area contributed by atoms with E-state index in [0.29, 0.717) is 30.6 Å². The summed E-state index contributed by atoms with van der Waals surface area (Å²) in [7, 11) is 1.35. The number of carbonyl (C=O) groups is 2. The Balaban J connectivity index is 2.12. The minimum Gasteiger partial charge on any atom is -0.465 e. The molecule has 2 aromatic carbocycles. The monoisotopic (exact) mass is 342 g/mol. The summed E-state index contributed by atoms with van der Waals surface area (Å²) in [5, 5.41) is 0. The number of carbonyl (C=O) groups excluding carboxylic acids is 2. The van der Waals surface area contributed by atoms with Gasteiger partial charge >= 0.3 is 5.97 Å². The molecule has 6 heteroatoms. The first-order valence-electron chi connectivity index (χ1n) is 7.67. The molecule has 0 unspecified atom stereocenters. The summed E-state index contributed by atoms with van der Waals surface area (Å²) < 4.78 is 4.80. The van der Waals surface area contributed by atoms with E-state index in [1.807, 2.05) is 24.3 Å². The molecular weight excluding hydrogens is 324 g/mol. The molecule has 2 aromatic rings. The molecule has 0 bridgehead atoms. The minimum atomic E-state index is -0.393. The fourth-order valence-electron chi connectivity index (χ4n) is 2.64. The fourth-order valence-corrected chi connectivity index (χ4v) is 3.76. The highest BCUT2D eigenvalue weighted by Gasteiger charge is 2.27. The Bertz CT molecular complexity index is 792. The van der Waals surface area contributed by atoms with E-state index in [4.69, 9.17) is 10.5 Å². The van der Waals surface area contributed by atoms with Gasteiger partial charge in [-0.3, -0.25) is 4.79 Å². The Labute approximate surface area is 144 Å². The van der Waals surface area contributed by atoms with Crippen molar-refractivity contribution < 1.29 is 14.3 Å². The van der Waals surface area contributed by atoms with E-state index < -0.39 is 5.97 Å². The predicted octanol–water partition coefficient (Wildman–Crippen LogP) is 2.93. The molecule has 0 fully saturated rings. The predicted molar refractivity (Wildman–Crippen MR) is 93.7 cm³/mol. The number of methoxy groups -OCH3 is 1. The van der Waals surface area contributed by atoms with Gasteiger partial charge in [-0.05, 0) is 43.3 Å². The number of hydrogen-bond donors (Lipinski definition) is 1. The molecule has 1 aliphatic rings. The lowest BCUT2D eigenvalue weighted by molar-refractivity contribution is 0.0600. The van der Waals surface area contributed by atoms with Crippen LogP contribution in [0.2, 0.25) is 0 Å². The van der Waals surface area contributed by atoms with Crippen LogP contribution in [-0.4, -0.2) is 32.1 Å². The maximum absolute atomic E-state index is 13.0. The van der Waals surface area contributed by atoms with Gasteiger partial charge in [0.2, 0.25) is 0 Å². The number of fused-ring (bicyclic) bond motifs is 2. The third-order valence-electron chi connectivity index (χ3n) is 3.84. The van der Waals surface area contributed by atoms with E-state index in [-0.39, 0.29) is 5.91 Å². The molecule has 1 aliphatic heterocycles. The first kappa shape index (κ1) is 16.5. The quantitative estimate of drug-likeness (QED) is 0.865. The molecule has 2 N–H and O–H groups in total. The number of nitrogens with zero attached hydrogens (tertiary/aromatic N) is 1. The first-order chi connectivity index (χ1) is 11.7. The van der Waals surface area contributed by atoms with Crippen molar-refractivity contribution in [2.24, 2.45) is 5.73 Å². The number of esters is 1. The highest BCUT2D eigenvalue weighted by Crippen LogP contribution is 2.41. The highest BCUT2D eigenvalue weighted by molar-refractivity contribution is 7.99. The van der Waals surface area contributed by atoms with Crippen LogP contribution in [0, 0.1) is 0 Å². The molecule has 5 nitrogen and oxygen atoms in total. The van der Waals surface area contributed by atoms with E-state index in [9.17, 15) is 9.59 Å². The van der Waals surface area contributed by atoms with Crippen molar-refractivity contribution in [2.75, 3.05) is 25.1 Å². The van der Waals surface area contributed by atoms with Gasteiger partial charge in [0.25, 0.3) is 5.91 Å². The van der Waals surface area contributed by atoms with Crippen molar-refractivity contribution in [3.63, 3.8) is 0 Å². The number of rotatable bonds is 4. The Morgan fingerprint density at radius 1 is 1.21 bits per heavy atom. The van der Waals surface area contributed by atoms with E-state index in [0.717, 1.165) is 15.5 Å². The van der Waals surface area contributed by atoms with E-state index in [1.54, 1.807) is 23.1 Å². The van der Waals surface area contributed by atoms with Gasteiger partial charge in [0.15, 0.2) is 0 Å². The van der Waals surface area contributed by atoms with Crippen LogP contribution in [0.3, 0.4) is 0 Å². The maximum Gasteiger partial charge on any atom is 0.337 e. The summed E-state index contributed by atoms with van der Waals surface area (Å²) in [4.78, 5) is 28.2. The van der Waals surface area contributed by atoms with Crippen LogP contribution in [0.5, 0.6) is 0 Å². The normalized spacial score (nSPS) is 13.1. The molecule has 1 amide bonds. The van der Waals surface area contributed by atoms with Gasteiger partial charge in [0.1, 0.15) is 0 Å². The second-order valence-electron chi connectivity index (χ2n) is 5.37. The van der Waals surface area contributed by atoms with E-state index in [1.165, 1.54) is 18.9 Å². The van der Waals surface area contributed by atoms with Crippen LogP contribution in [0.4, 0.5) is 5.69 Å². The third kappa shape index (κ3) is 3.02. The minimum absolute atomic E-state index is 0.0453. The molecule has 1 heterocycles. The van der Waals surface area contributed by atoms with Crippen molar-refractivity contribution in [1.82, 2.24) is 0 Å². The van der Waals surface area contributed by atoms with Gasteiger partial charge in [0.05, 0.1) is 23.9 Å². The molecule has 24 heavy (non-hydrogen) atoms. The van der Waals surface area contributed by atoms with E-state index in [2.05, 4.69) is 0 Å². The second-order valence-corrected chi connectivity index (χ2v) is 6.46. The SMILES string of the molecule is COC(=O)c1ccc2c(c1)Sc1ccccc1C(=O)N2CCCN. The van der Waals surface area contributed by atoms with Crippen molar-refractivity contribution in [3.8, 4) is 0 Å². The summed E-state index contributed by atoms with van der Waals surface area (Å²) in [5.41, 5.74) is 7.55. The average molecular weight is 342 g/mol. The largest absolute Gasteiger partial charge is 0.465 e. The van der Waals surface area contributed by atoms with Crippen molar-refractivity contribution >= 4 is 29.3 Å². The Morgan fingerprint density at radius 3 is 2.75 bits per heavy atom. The van der Waals surface area contributed by atoms with Gasteiger partial charge in [-0.2, -0.15) is 0 Å². The van der Waals surface area contributed by atoms with Crippen molar-refractivity contribution in [2.45, 2.75) is 16.2 Å². The Hall–Kier alpha value is -2.31. The van der Waals surface area contributed by atoms with Crippen LogP contribution in [-0.2, 0) is 4.74 Å². The smallest absolute Gasteiger partial charge is 0.337 e. The lowest BCUT2D eigenvalue weighted by Gasteiger charge is -2.23. The molecule has 0 aliphatic carbocycles. The van der Waals surface area contributed by atoms with Crippen LogP contribution in [0.1, 0.15) is 27.1 Å². The fraction of sp³-hybridized carbons (Fsp3) is 0.222. The number of ether oxygens (including phenoxy) is 1. The zero-order valence-electron chi connectivity index (χ0n) is 13.3. The van der Waals surface area contributed by atoms with Gasteiger partial charge in [-0.25, -0.2) is 4.79 Å². The van der Waals surface area contributed by atoms with Gasteiger partial charge < -0.3 is 15.4 Å². The lowest BCUT2D eigenvalue weighted by atomic mass is 10.1. The molecule has 0 atom stereocenters. The Morgan fingerprint density at radius 2 is 2.00 bits per heavy atom. The Kier molecular flexibility index (Phi) is 4.87. The molecule has 0 saturated heterocycles. The number of nitrogens with two attached hydrogens (primary N) is 1. The molecule has 0 radical (unpaired) electrons. The van der Waals surface area contributed by atoms with Crippen LogP contribution >= 0.6 is 11.8 Å². The van der Waals surface area contributed by atoms with Crippen LogP contribution in [0.25, 0.3) is 0 Å². The zero-order valence-corrected chi connectivity index (χ0v) is 14.1. The molecule has 0 spiro atoms. The number of benzene rings is 2. The zero-order chi connectivity index (χ0) is 17.1. The third-order valence-corrected chi connectivity index (χ3v) is 4.96. The lowest BCUT2D eigenvalue weighted by Crippen LogP contribution is -2.32. The molecule has 0 saturated carbocycles. The number of hydrogen-bond acceptors (Lipinski definition) is 5. The summed E-state index contributed by atoms with van der Waals surface area (Å²) >= 11 is 1.48. The topological polar surface area (TPSA) is 72.6 Å². The standard InChI is InChI=1S/C18H18N2O3S/c1-23-18(22)12-7-8-14-16(11-12)24-15-6-3-2-5-13(15)17(21)20(14)10-4-9-19/h2-3,5-8,11H,4,9-10,19H2,1H3. The summed E-state index contributed by atoms with van der Waals surface area (Å²) in [5.74, 6) is -0.438. The molecule has 0 aromatic heterocycles. The van der Waals surface area contributed by atoms with Crippen molar-refractivity contribution in [1.29, 1.82) is 0 Å². The van der Waals surface area contributed by atoms with Gasteiger partial charge in [-0.1, -0.05) is 23.9 Å². The second kappa shape index (κ2) is 7.07. The average Bonchev–Trinajstić information content (AvgIpc) is 2.73. The summed E-state index contributed by atoms with van der Waals surface area (Å²) in [6.45, 7) is 1.04. The first-order valence-corrected chi connectivity index (χ1v) is 8.48. The molecule has 124 valence electrons. The number of amides is 1. The molecular formula is C18H18N2O3S. The maximum atomic E-state index is 13.0. The van der Waals surface area contributed by atoms with Gasteiger partial charge in [-0.15, -0.1) is 0 Å². The van der Waals surface area contributed by atoms with Crippen LogP contribution in [0.15, 0.2) is 52.3 Å². The van der Waals surface area contributed by atoms with Crippen molar-refractivity contribution in [3.05, 3.63) is 53.6 Å². The summed E-state index contributed by atoms with van der Waals surface area (Å²) in [6, 6.07) is 12.8. The van der Waals surface area contributed by atoms with E-state index >= 15 is 0 Å².